The Morgan fingerprint density at radius 2 is 1.70 bits per heavy atom. The van der Waals surface area contributed by atoms with E-state index >= 15 is 0 Å². The Kier molecular flexibility index (Phi) is 2.98. The largest absolute Gasteiger partial charge is 0.422 e. The molecular formula is C18H10N2O3. The third kappa shape index (κ3) is 2.19. The molecule has 0 aliphatic rings. The van der Waals surface area contributed by atoms with Crippen LogP contribution in [0, 0.1) is 0 Å². The number of para-hydroxylation sites is 1. The molecule has 2 aromatic heterocycles. The van der Waals surface area contributed by atoms with Crippen LogP contribution < -0.4 is 5.63 Å². The highest BCUT2D eigenvalue weighted by Crippen LogP contribution is 2.19. The second kappa shape index (κ2) is 5.14. The highest BCUT2D eigenvalue weighted by atomic mass is 16.4. The molecule has 0 spiro atoms. The number of aromatic nitrogens is 2. The molecule has 0 bridgehead atoms. The Labute approximate surface area is 130 Å². The Bertz CT molecular complexity index is 1110. The van der Waals surface area contributed by atoms with Gasteiger partial charge in [-0.15, -0.1) is 5.10 Å². The number of hydrogen-bond acceptors (Lipinski definition) is 5. The van der Waals surface area contributed by atoms with Crippen molar-refractivity contribution in [3.05, 3.63) is 82.5 Å². The summed E-state index contributed by atoms with van der Waals surface area (Å²) in [5.74, 6) is -0.492. The molecule has 0 saturated heterocycles. The molecule has 0 atom stereocenters. The lowest BCUT2D eigenvalue weighted by Crippen LogP contribution is -2.16. The van der Waals surface area contributed by atoms with E-state index in [1.54, 1.807) is 30.5 Å². The van der Waals surface area contributed by atoms with Gasteiger partial charge < -0.3 is 4.42 Å². The number of fused-ring (bicyclic) bond motifs is 2. The quantitative estimate of drug-likeness (QED) is 0.420. The molecule has 23 heavy (non-hydrogen) atoms. The molecule has 5 heteroatoms. The van der Waals surface area contributed by atoms with Crippen molar-refractivity contribution in [3.63, 3.8) is 0 Å². The van der Waals surface area contributed by atoms with Crippen molar-refractivity contribution in [2.45, 2.75) is 0 Å². The number of nitrogens with zero attached hydrogens (tertiary/aromatic N) is 2. The van der Waals surface area contributed by atoms with E-state index in [0.29, 0.717) is 16.4 Å². The molecule has 0 radical (unpaired) electrons. The summed E-state index contributed by atoms with van der Waals surface area (Å²) in [5.41, 5.74) is -0.137. The van der Waals surface area contributed by atoms with E-state index < -0.39 is 11.4 Å². The molecule has 2 heterocycles. The highest BCUT2D eigenvalue weighted by molar-refractivity contribution is 6.15. The van der Waals surface area contributed by atoms with E-state index in [1.165, 1.54) is 6.07 Å². The standard InChI is InChI=1S/C18H10N2O3/c21-17(16-13-7-3-1-6-12(13)10-19-20-16)14-9-11-5-2-4-8-15(11)23-18(14)22/h1-10H. The van der Waals surface area contributed by atoms with E-state index in [0.717, 1.165) is 5.39 Å². The van der Waals surface area contributed by atoms with Crippen LogP contribution in [0.15, 0.2) is 70.0 Å². The summed E-state index contributed by atoms with van der Waals surface area (Å²) >= 11 is 0. The Hall–Kier alpha value is -3.34. The van der Waals surface area contributed by atoms with Crippen molar-refractivity contribution < 1.29 is 9.21 Å². The van der Waals surface area contributed by atoms with Gasteiger partial charge in [-0.2, -0.15) is 5.10 Å². The second-order valence-corrected chi connectivity index (χ2v) is 5.09. The Balaban J connectivity index is 1.95. The summed E-state index contributed by atoms with van der Waals surface area (Å²) in [5, 5.41) is 9.90. The number of ketones is 1. The lowest BCUT2D eigenvalue weighted by molar-refractivity contribution is 0.103. The van der Waals surface area contributed by atoms with E-state index in [4.69, 9.17) is 4.42 Å². The van der Waals surface area contributed by atoms with Crippen LogP contribution in [-0.2, 0) is 0 Å². The van der Waals surface area contributed by atoms with Crippen LogP contribution in [0.4, 0.5) is 0 Å². The van der Waals surface area contributed by atoms with Gasteiger partial charge in [0.15, 0.2) is 0 Å². The summed E-state index contributed by atoms with van der Waals surface area (Å²) in [6.07, 6.45) is 1.58. The van der Waals surface area contributed by atoms with E-state index in [1.807, 2.05) is 24.3 Å². The van der Waals surface area contributed by atoms with Crippen LogP contribution in [0.5, 0.6) is 0 Å². The SMILES string of the molecule is O=C(c1cc2ccccc2oc1=O)c1nncc2ccccc12. The number of carbonyl (C=O) groups is 1. The molecule has 0 amide bonds. The lowest BCUT2D eigenvalue weighted by atomic mass is 10.0. The smallest absolute Gasteiger partial charge is 0.347 e. The van der Waals surface area contributed by atoms with Gasteiger partial charge in [0.25, 0.3) is 0 Å². The number of hydrogen-bond donors (Lipinski definition) is 0. The predicted molar refractivity (Wildman–Crippen MR) is 85.5 cm³/mol. The van der Waals surface area contributed by atoms with Crippen LogP contribution in [0.1, 0.15) is 16.1 Å². The average molecular weight is 302 g/mol. The number of benzene rings is 2. The van der Waals surface area contributed by atoms with Gasteiger partial charge in [-0.1, -0.05) is 42.5 Å². The fourth-order valence-corrected chi connectivity index (χ4v) is 2.54. The van der Waals surface area contributed by atoms with Crippen molar-refractivity contribution in [3.8, 4) is 0 Å². The zero-order chi connectivity index (χ0) is 15.8. The van der Waals surface area contributed by atoms with Gasteiger partial charge in [-0.3, -0.25) is 4.79 Å². The normalized spacial score (nSPS) is 11.0. The van der Waals surface area contributed by atoms with Gasteiger partial charge in [0, 0.05) is 16.2 Å². The molecule has 0 fully saturated rings. The number of rotatable bonds is 2. The summed E-state index contributed by atoms with van der Waals surface area (Å²) in [6.45, 7) is 0. The van der Waals surface area contributed by atoms with Crippen molar-refractivity contribution in [2.75, 3.05) is 0 Å². The minimum absolute atomic E-state index is 0.0469. The summed E-state index contributed by atoms with van der Waals surface area (Å²) in [4.78, 5) is 24.9. The van der Waals surface area contributed by atoms with Crippen LogP contribution in [0.2, 0.25) is 0 Å². The van der Waals surface area contributed by atoms with E-state index in [9.17, 15) is 9.59 Å². The maximum atomic E-state index is 12.8. The minimum atomic E-state index is -0.677. The zero-order valence-corrected chi connectivity index (χ0v) is 11.9. The number of carbonyl (C=O) groups excluding carboxylic acids is 1. The van der Waals surface area contributed by atoms with Crippen molar-refractivity contribution >= 4 is 27.5 Å². The van der Waals surface area contributed by atoms with Gasteiger partial charge in [0.05, 0.1) is 6.20 Å². The van der Waals surface area contributed by atoms with Crippen molar-refractivity contribution in [1.82, 2.24) is 10.2 Å². The Morgan fingerprint density at radius 1 is 0.957 bits per heavy atom. The van der Waals surface area contributed by atoms with Crippen LogP contribution in [-0.4, -0.2) is 16.0 Å². The second-order valence-electron chi connectivity index (χ2n) is 5.09. The first kappa shape index (κ1) is 13.3. The van der Waals surface area contributed by atoms with Crippen LogP contribution in [0.3, 0.4) is 0 Å². The summed E-state index contributed by atoms with van der Waals surface area (Å²) in [6, 6.07) is 15.9. The first-order valence-corrected chi connectivity index (χ1v) is 7.02. The first-order valence-electron chi connectivity index (χ1n) is 7.02. The van der Waals surface area contributed by atoms with Crippen LogP contribution >= 0.6 is 0 Å². The van der Waals surface area contributed by atoms with Crippen molar-refractivity contribution in [2.24, 2.45) is 0 Å². The maximum absolute atomic E-state index is 12.8. The highest BCUT2D eigenvalue weighted by Gasteiger charge is 2.19. The maximum Gasteiger partial charge on any atom is 0.347 e. The summed E-state index contributed by atoms with van der Waals surface area (Å²) in [7, 11) is 0. The Morgan fingerprint density at radius 3 is 2.57 bits per heavy atom. The minimum Gasteiger partial charge on any atom is -0.422 e. The van der Waals surface area contributed by atoms with Gasteiger partial charge >= 0.3 is 5.63 Å². The molecule has 110 valence electrons. The van der Waals surface area contributed by atoms with E-state index in [-0.39, 0.29) is 11.3 Å². The van der Waals surface area contributed by atoms with Crippen LogP contribution in [0.25, 0.3) is 21.7 Å². The summed E-state index contributed by atoms with van der Waals surface area (Å²) < 4.78 is 5.22. The third-order valence-corrected chi connectivity index (χ3v) is 3.67. The molecule has 4 rings (SSSR count). The predicted octanol–water partition coefficient (Wildman–Crippen LogP) is 2.97. The average Bonchev–Trinajstić information content (AvgIpc) is 2.60. The monoisotopic (exact) mass is 302 g/mol. The molecule has 0 N–H and O–H groups in total. The molecule has 4 aromatic rings. The van der Waals surface area contributed by atoms with E-state index in [2.05, 4.69) is 10.2 Å². The fraction of sp³-hybridized carbons (Fsp3) is 0. The molecule has 0 saturated carbocycles. The van der Waals surface area contributed by atoms with Gasteiger partial charge in [-0.25, -0.2) is 4.79 Å². The molecule has 5 nitrogen and oxygen atoms in total. The van der Waals surface area contributed by atoms with Gasteiger partial charge in [0.1, 0.15) is 16.8 Å². The van der Waals surface area contributed by atoms with Gasteiger partial charge in [0.2, 0.25) is 5.78 Å². The molecule has 0 unspecified atom stereocenters. The van der Waals surface area contributed by atoms with Gasteiger partial charge in [-0.05, 0) is 12.1 Å². The topological polar surface area (TPSA) is 73.1 Å². The lowest BCUT2D eigenvalue weighted by Gasteiger charge is -2.04. The molecule has 2 aromatic carbocycles. The zero-order valence-electron chi connectivity index (χ0n) is 11.9. The fourth-order valence-electron chi connectivity index (χ4n) is 2.54. The van der Waals surface area contributed by atoms with Crippen molar-refractivity contribution in [1.29, 1.82) is 0 Å². The first-order chi connectivity index (χ1) is 11.2. The molecular weight excluding hydrogens is 292 g/mol. The molecule has 0 aliphatic carbocycles. The third-order valence-electron chi connectivity index (χ3n) is 3.67. The molecule has 0 aliphatic heterocycles.